The van der Waals surface area contributed by atoms with Gasteiger partial charge in [0.2, 0.25) is 0 Å². The maximum Gasteiger partial charge on any atom is 0.0939 e. The molecule has 0 unspecified atom stereocenters. The molecule has 352 valence electrons. The van der Waals surface area contributed by atoms with E-state index in [0.717, 1.165) is 5.52 Å². The van der Waals surface area contributed by atoms with Crippen LogP contribution in [0.3, 0.4) is 0 Å². The van der Waals surface area contributed by atoms with E-state index < -0.39 is 0 Å². The summed E-state index contributed by atoms with van der Waals surface area (Å²) >= 11 is 1.71. The van der Waals surface area contributed by atoms with Gasteiger partial charge in [-0.2, -0.15) is 5.10 Å². The van der Waals surface area contributed by atoms with Gasteiger partial charge in [-0.1, -0.05) is 192 Å². The van der Waals surface area contributed by atoms with Crippen LogP contribution in [0.1, 0.15) is 220 Å². The first-order valence-electron chi connectivity index (χ1n) is 23.6. The van der Waals surface area contributed by atoms with E-state index in [4.69, 9.17) is 4.42 Å². The lowest BCUT2D eigenvalue weighted by atomic mass is 9.81. The van der Waals surface area contributed by atoms with Crippen molar-refractivity contribution in [3.05, 3.63) is 100 Å². The van der Waals surface area contributed by atoms with Gasteiger partial charge in [-0.15, -0.1) is 11.3 Å². The molecule has 5 heterocycles. The lowest BCUT2D eigenvalue weighted by Gasteiger charge is -2.38. The minimum atomic E-state index is 0. The molecule has 2 aliphatic rings. The van der Waals surface area contributed by atoms with Crippen molar-refractivity contribution in [3.8, 4) is 0 Å². The van der Waals surface area contributed by atoms with Gasteiger partial charge < -0.3 is 9.32 Å². The zero-order valence-corrected chi connectivity index (χ0v) is 44.6. The maximum absolute atomic E-state index is 4.94. The monoisotopic (exact) mass is 865 g/mol. The number of aryl methyl sites for hydroxylation is 2. The van der Waals surface area contributed by atoms with Crippen LogP contribution in [0.15, 0.2) is 71.2 Å². The van der Waals surface area contributed by atoms with Crippen LogP contribution >= 0.6 is 11.3 Å². The van der Waals surface area contributed by atoms with Crippen LogP contribution in [0.2, 0.25) is 0 Å². The van der Waals surface area contributed by atoms with E-state index in [1.165, 1.54) is 65.7 Å². The molecule has 1 N–H and O–H groups in total. The maximum atomic E-state index is 4.94. The molecule has 0 saturated carbocycles. The summed E-state index contributed by atoms with van der Waals surface area (Å²) in [7, 11) is 0. The summed E-state index contributed by atoms with van der Waals surface area (Å²) in [5.41, 5.74) is 14.2. The molecule has 0 bridgehead atoms. The van der Waals surface area contributed by atoms with Gasteiger partial charge in [-0.05, 0) is 98.9 Å². The number of fused-ring (bicyclic) bond motifs is 1. The van der Waals surface area contributed by atoms with Crippen LogP contribution in [-0.4, -0.2) is 28.3 Å². The Morgan fingerprint density at radius 2 is 1.03 bits per heavy atom. The first-order valence-corrected chi connectivity index (χ1v) is 24.5. The molecule has 5 aromatic rings. The number of nitrogens with zero attached hydrogens (tertiary/aromatic N) is 3. The van der Waals surface area contributed by atoms with Gasteiger partial charge in [0, 0.05) is 25.0 Å². The third-order valence-corrected chi connectivity index (χ3v) is 9.94. The van der Waals surface area contributed by atoms with Crippen molar-refractivity contribution in [1.82, 2.24) is 15.2 Å². The number of anilines is 1. The molecule has 0 spiro atoms. The molecule has 0 atom stereocenters. The summed E-state index contributed by atoms with van der Waals surface area (Å²) in [5.74, 6) is 0. The number of nitrogens with one attached hydrogen (secondary N) is 1. The Hall–Kier alpha value is -3.38. The molecule has 3 aromatic heterocycles. The van der Waals surface area contributed by atoms with E-state index in [-0.39, 0.29) is 29.1 Å². The Morgan fingerprint density at radius 3 is 1.38 bits per heavy atom. The number of rotatable bonds is 0. The number of benzene rings is 2. The minimum absolute atomic E-state index is 0. The fraction of sp³-hybridized carbons (Fsp3) is 0.636. The Labute approximate surface area is 384 Å². The lowest BCUT2D eigenvalue weighted by molar-refractivity contribution is 0.537. The van der Waals surface area contributed by atoms with Crippen molar-refractivity contribution in [2.24, 2.45) is 0 Å². The highest BCUT2D eigenvalue weighted by Gasteiger charge is 2.26. The normalized spacial score (nSPS) is 12.0. The van der Waals surface area contributed by atoms with Gasteiger partial charge in [-0.25, -0.2) is 4.98 Å². The molecule has 0 radical (unpaired) electrons. The number of aromatic amines is 1. The van der Waals surface area contributed by atoms with Crippen molar-refractivity contribution < 1.29 is 4.42 Å². The molecule has 61 heavy (non-hydrogen) atoms. The second-order valence-corrected chi connectivity index (χ2v) is 18.3. The molecule has 0 aliphatic carbocycles. The van der Waals surface area contributed by atoms with Crippen molar-refractivity contribution >= 4 is 27.2 Å². The first kappa shape index (κ1) is 64.2. The molecular weight excluding hydrogens is 765 g/mol. The number of furan rings is 1. The molecule has 2 aromatic carbocycles. The Kier molecular flexibility index (Phi) is 35.0. The van der Waals surface area contributed by atoms with Crippen molar-refractivity contribution in [1.29, 1.82) is 0 Å². The number of hydrogen-bond acceptors (Lipinski definition) is 5. The molecule has 0 fully saturated rings. The summed E-state index contributed by atoms with van der Waals surface area (Å²) in [4.78, 5) is 6.88. The first-order chi connectivity index (χ1) is 28.3. The summed E-state index contributed by atoms with van der Waals surface area (Å²) in [5, 5.41) is 6.65. The minimum Gasteiger partial charge on any atom is -0.472 e. The second-order valence-electron chi connectivity index (χ2n) is 17.4. The van der Waals surface area contributed by atoms with Crippen molar-refractivity contribution in [2.75, 3.05) is 18.0 Å². The number of H-pyrrole nitrogens is 1. The van der Waals surface area contributed by atoms with Crippen LogP contribution in [0, 0.1) is 0 Å². The van der Waals surface area contributed by atoms with Gasteiger partial charge in [0.1, 0.15) is 0 Å². The Balaban J connectivity index is -0.000000334. The van der Waals surface area contributed by atoms with E-state index in [2.05, 4.69) is 133 Å². The smallest absolute Gasteiger partial charge is 0.0939 e. The topological polar surface area (TPSA) is 58.0 Å². The molecule has 0 amide bonds. The zero-order chi connectivity index (χ0) is 47.3. The molecule has 6 heteroatoms. The standard InChI is InChI=1S/C16H23N.C11H13NS.C8H12O.C7H12N2.6C2H6.CH4/c1-16(2,3)14-10-12-6-4-8-17-9-5-7-13(11-14)15(12)17;1-11(2,3)8-4-5-9-10(6-8)13-7-12-9;1-8(2,3)7-4-5-9-6-7;1-7(2,3)6-4-8-9-5-6;6*1-2;/h10-11H,4-9H2,1-3H3;4-7H,1-3H3;4-6H,1-3H3;4-5H,1-3H3,(H,8,9);6*1-2H3;1H4. The summed E-state index contributed by atoms with van der Waals surface area (Å²) < 4.78 is 6.23. The SMILES string of the molecule is C.CC.CC.CC.CC.CC.CC.CC(C)(C)c1cc2c3c(c1)CCCN3CCC2.CC(C)(C)c1ccc2ncsc2c1.CC(C)(C)c1ccoc1.CC(C)(C)c1cn[nH]c1. The number of hydrogen-bond donors (Lipinski definition) is 1. The van der Waals surface area contributed by atoms with Crippen LogP contribution in [0.4, 0.5) is 5.69 Å². The fourth-order valence-electron chi connectivity index (χ4n) is 5.91. The van der Waals surface area contributed by atoms with Gasteiger partial charge >= 0.3 is 0 Å². The predicted octanol–water partition coefficient (Wildman–Crippen LogP) is 18.4. The van der Waals surface area contributed by atoms with Crippen molar-refractivity contribution in [2.45, 2.75) is 221 Å². The fourth-order valence-corrected chi connectivity index (χ4v) is 6.63. The summed E-state index contributed by atoms with van der Waals surface area (Å²) in [6.07, 6.45) is 12.5. The van der Waals surface area contributed by atoms with Crippen LogP contribution in [0.25, 0.3) is 10.2 Å². The molecule has 5 nitrogen and oxygen atoms in total. The van der Waals surface area contributed by atoms with Gasteiger partial charge in [0.05, 0.1) is 34.5 Å². The van der Waals surface area contributed by atoms with Gasteiger partial charge in [-0.3, -0.25) is 5.10 Å². The average Bonchev–Trinajstić information content (AvgIpc) is 4.07. The van der Waals surface area contributed by atoms with Crippen LogP contribution < -0.4 is 4.90 Å². The Bertz CT molecular complexity index is 1630. The number of thiazole rings is 1. The third-order valence-electron chi connectivity index (χ3n) is 9.15. The summed E-state index contributed by atoms with van der Waals surface area (Å²) in [6.45, 7) is 53.2. The highest BCUT2D eigenvalue weighted by molar-refractivity contribution is 7.16. The van der Waals surface area contributed by atoms with Crippen molar-refractivity contribution in [3.63, 3.8) is 0 Å². The molecule has 2 aliphatic heterocycles. The quantitative estimate of drug-likeness (QED) is 0.168. The highest BCUT2D eigenvalue weighted by atomic mass is 32.1. The predicted molar refractivity (Wildman–Crippen MR) is 282 cm³/mol. The molecule has 0 saturated heterocycles. The number of aromatic nitrogens is 3. The third kappa shape index (κ3) is 23.0. The van der Waals surface area contributed by atoms with Gasteiger partial charge in [0.15, 0.2) is 0 Å². The average molecular weight is 865 g/mol. The lowest BCUT2D eigenvalue weighted by Crippen LogP contribution is -2.34. The van der Waals surface area contributed by atoms with E-state index in [1.807, 2.05) is 107 Å². The zero-order valence-electron chi connectivity index (χ0n) is 43.8. The van der Waals surface area contributed by atoms with E-state index in [0.29, 0.717) is 0 Å². The van der Waals surface area contributed by atoms with Gasteiger partial charge in [0.25, 0.3) is 0 Å². The summed E-state index contributed by atoms with van der Waals surface area (Å²) in [6, 6.07) is 13.5. The highest BCUT2D eigenvalue weighted by Crippen LogP contribution is 2.38. The Morgan fingerprint density at radius 1 is 0.574 bits per heavy atom. The largest absolute Gasteiger partial charge is 0.472 e. The molecular formula is C55H100N4OS. The van der Waals surface area contributed by atoms with E-state index >= 15 is 0 Å². The van der Waals surface area contributed by atoms with E-state index in [9.17, 15) is 0 Å². The second kappa shape index (κ2) is 33.2. The van der Waals surface area contributed by atoms with E-state index in [1.54, 1.807) is 40.7 Å². The van der Waals surface area contributed by atoms with Crippen LogP contribution in [-0.2, 0) is 34.5 Å². The molecule has 7 rings (SSSR count). The van der Waals surface area contributed by atoms with Crippen LogP contribution in [0.5, 0.6) is 0 Å².